The van der Waals surface area contributed by atoms with Crippen molar-refractivity contribution in [3.05, 3.63) is 34.9 Å². The molecule has 0 spiro atoms. The summed E-state index contributed by atoms with van der Waals surface area (Å²) in [6, 6.07) is 7.70. The summed E-state index contributed by atoms with van der Waals surface area (Å²) in [5, 5.41) is 13.2. The molecule has 0 aliphatic heterocycles. The second kappa shape index (κ2) is 8.98. The van der Waals surface area contributed by atoms with E-state index in [4.69, 9.17) is 11.6 Å². The van der Waals surface area contributed by atoms with E-state index in [1.807, 2.05) is 38.1 Å². The van der Waals surface area contributed by atoms with Crippen LogP contribution in [-0.4, -0.2) is 23.7 Å². The average Bonchev–Trinajstić information content (AvgIpc) is 2.40. The van der Waals surface area contributed by atoms with Gasteiger partial charge >= 0.3 is 0 Å². The lowest BCUT2D eigenvalue weighted by Gasteiger charge is -2.14. The van der Waals surface area contributed by atoms with Gasteiger partial charge < -0.3 is 10.4 Å². The Kier molecular flexibility index (Phi) is 7.63. The first-order chi connectivity index (χ1) is 9.49. The number of hydrogen-bond acceptors (Lipinski definition) is 2. The number of hydrogen-bond donors (Lipinski definition) is 2. The van der Waals surface area contributed by atoms with Crippen LogP contribution in [0.25, 0.3) is 0 Å². The zero-order valence-corrected chi connectivity index (χ0v) is 13.0. The van der Waals surface area contributed by atoms with Gasteiger partial charge in [0, 0.05) is 18.0 Å². The van der Waals surface area contributed by atoms with Crippen molar-refractivity contribution >= 4 is 17.5 Å². The quantitative estimate of drug-likeness (QED) is 0.774. The van der Waals surface area contributed by atoms with Crippen molar-refractivity contribution in [3.63, 3.8) is 0 Å². The molecule has 0 fully saturated rings. The number of amides is 1. The molecule has 3 nitrogen and oxygen atoms in total. The maximum absolute atomic E-state index is 11.6. The average molecular weight is 298 g/mol. The lowest BCUT2D eigenvalue weighted by Crippen LogP contribution is -2.28. The van der Waals surface area contributed by atoms with Crippen LogP contribution in [0, 0.1) is 5.92 Å². The molecule has 1 aromatic rings. The van der Waals surface area contributed by atoms with E-state index in [0.717, 1.165) is 17.9 Å². The van der Waals surface area contributed by atoms with E-state index in [1.165, 1.54) is 5.56 Å². The summed E-state index contributed by atoms with van der Waals surface area (Å²) < 4.78 is 0. The molecule has 0 saturated carbocycles. The maximum atomic E-state index is 11.6. The summed E-state index contributed by atoms with van der Waals surface area (Å²) in [5.41, 5.74) is 1.19. The number of aliphatic hydroxyl groups is 1. The first kappa shape index (κ1) is 17.0. The zero-order chi connectivity index (χ0) is 15.0. The highest BCUT2D eigenvalue weighted by atomic mass is 35.5. The van der Waals surface area contributed by atoms with Crippen molar-refractivity contribution in [2.24, 2.45) is 5.92 Å². The molecule has 1 unspecified atom stereocenters. The van der Waals surface area contributed by atoms with Crippen molar-refractivity contribution < 1.29 is 9.90 Å². The molecule has 0 radical (unpaired) electrons. The Morgan fingerprint density at radius 3 is 2.55 bits per heavy atom. The molecule has 0 aliphatic rings. The third kappa shape index (κ3) is 6.92. The van der Waals surface area contributed by atoms with Crippen LogP contribution in [-0.2, 0) is 11.2 Å². The largest absolute Gasteiger partial charge is 0.393 e. The van der Waals surface area contributed by atoms with Gasteiger partial charge in [0.1, 0.15) is 0 Å². The summed E-state index contributed by atoms with van der Waals surface area (Å²) >= 11 is 5.82. The molecule has 1 atom stereocenters. The highest BCUT2D eigenvalue weighted by Gasteiger charge is 2.09. The van der Waals surface area contributed by atoms with Crippen LogP contribution >= 0.6 is 11.6 Å². The molecule has 1 amide bonds. The Bertz CT molecular complexity index is 403. The molecule has 0 aromatic heterocycles. The lowest BCUT2D eigenvalue weighted by atomic mass is 10.0. The molecular weight excluding hydrogens is 274 g/mol. The van der Waals surface area contributed by atoms with Gasteiger partial charge in [0.2, 0.25) is 5.91 Å². The van der Waals surface area contributed by atoms with E-state index in [9.17, 15) is 9.90 Å². The SMILES string of the molecule is CC(C)C(O)CCNC(=O)CCCc1ccc(Cl)cc1. The van der Waals surface area contributed by atoms with E-state index in [0.29, 0.717) is 19.4 Å². The van der Waals surface area contributed by atoms with Crippen molar-refractivity contribution in [1.82, 2.24) is 5.32 Å². The van der Waals surface area contributed by atoms with Gasteiger partial charge in [0.15, 0.2) is 0 Å². The Morgan fingerprint density at radius 2 is 1.95 bits per heavy atom. The molecule has 1 rings (SSSR count). The second-order valence-corrected chi connectivity index (χ2v) is 5.87. The number of aryl methyl sites for hydroxylation is 1. The number of carbonyl (C=O) groups is 1. The molecule has 112 valence electrons. The van der Waals surface area contributed by atoms with Gasteiger partial charge in [-0.3, -0.25) is 4.79 Å². The minimum absolute atomic E-state index is 0.0509. The number of rotatable bonds is 8. The molecule has 0 aliphatic carbocycles. The summed E-state index contributed by atoms with van der Waals surface area (Å²) in [4.78, 5) is 11.6. The second-order valence-electron chi connectivity index (χ2n) is 5.43. The smallest absolute Gasteiger partial charge is 0.220 e. The zero-order valence-electron chi connectivity index (χ0n) is 12.2. The third-order valence-corrected chi connectivity index (χ3v) is 3.57. The minimum Gasteiger partial charge on any atom is -0.393 e. The van der Waals surface area contributed by atoms with E-state index in [1.54, 1.807) is 0 Å². The van der Waals surface area contributed by atoms with Crippen LogP contribution in [0.15, 0.2) is 24.3 Å². The van der Waals surface area contributed by atoms with Crippen LogP contribution in [0.2, 0.25) is 5.02 Å². The highest BCUT2D eigenvalue weighted by Crippen LogP contribution is 2.11. The molecule has 2 N–H and O–H groups in total. The van der Waals surface area contributed by atoms with Gasteiger partial charge in [-0.2, -0.15) is 0 Å². The van der Waals surface area contributed by atoms with Crippen molar-refractivity contribution in [2.45, 2.75) is 45.6 Å². The standard InChI is InChI=1S/C16H24ClNO2/c1-12(2)15(19)10-11-18-16(20)5-3-4-13-6-8-14(17)9-7-13/h6-9,12,15,19H,3-5,10-11H2,1-2H3,(H,18,20). The van der Waals surface area contributed by atoms with Crippen LogP contribution in [0.5, 0.6) is 0 Å². The van der Waals surface area contributed by atoms with Gasteiger partial charge in [-0.05, 0) is 42.9 Å². The van der Waals surface area contributed by atoms with Crippen LogP contribution in [0.1, 0.15) is 38.7 Å². The predicted octanol–water partition coefficient (Wildman–Crippen LogP) is 3.19. The number of nitrogens with one attached hydrogen (secondary N) is 1. The number of halogens is 1. The van der Waals surface area contributed by atoms with Crippen LogP contribution in [0.3, 0.4) is 0 Å². The summed E-state index contributed by atoms with van der Waals surface area (Å²) in [7, 11) is 0. The lowest BCUT2D eigenvalue weighted by molar-refractivity contribution is -0.121. The van der Waals surface area contributed by atoms with Gasteiger partial charge in [-0.25, -0.2) is 0 Å². The predicted molar refractivity (Wildman–Crippen MR) is 82.9 cm³/mol. The van der Waals surface area contributed by atoms with Gasteiger partial charge in [0.25, 0.3) is 0 Å². The van der Waals surface area contributed by atoms with E-state index in [-0.39, 0.29) is 17.9 Å². The summed E-state index contributed by atoms with van der Waals surface area (Å²) in [6.45, 7) is 4.48. The highest BCUT2D eigenvalue weighted by molar-refractivity contribution is 6.30. The summed E-state index contributed by atoms with van der Waals surface area (Å²) in [6.07, 6.45) is 2.48. The topological polar surface area (TPSA) is 49.3 Å². The molecular formula is C16H24ClNO2. The normalized spacial score (nSPS) is 12.4. The fraction of sp³-hybridized carbons (Fsp3) is 0.562. The fourth-order valence-electron chi connectivity index (χ4n) is 1.89. The first-order valence-electron chi connectivity index (χ1n) is 7.18. The van der Waals surface area contributed by atoms with Crippen LogP contribution < -0.4 is 5.32 Å². The fourth-order valence-corrected chi connectivity index (χ4v) is 2.01. The Hall–Kier alpha value is -1.06. The molecule has 0 saturated heterocycles. The van der Waals surface area contributed by atoms with Crippen molar-refractivity contribution in [1.29, 1.82) is 0 Å². The monoisotopic (exact) mass is 297 g/mol. The van der Waals surface area contributed by atoms with E-state index < -0.39 is 0 Å². The van der Waals surface area contributed by atoms with Crippen molar-refractivity contribution in [2.75, 3.05) is 6.54 Å². The molecule has 1 aromatic carbocycles. The maximum Gasteiger partial charge on any atom is 0.220 e. The minimum atomic E-state index is -0.343. The number of aliphatic hydroxyl groups excluding tert-OH is 1. The Morgan fingerprint density at radius 1 is 1.30 bits per heavy atom. The third-order valence-electron chi connectivity index (χ3n) is 3.31. The molecule has 4 heteroatoms. The molecule has 20 heavy (non-hydrogen) atoms. The first-order valence-corrected chi connectivity index (χ1v) is 7.56. The Labute approximate surface area is 126 Å². The Balaban J connectivity index is 2.12. The van der Waals surface area contributed by atoms with Gasteiger partial charge in [0.05, 0.1) is 6.10 Å². The van der Waals surface area contributed by atoms with Gasteiger partial charge in [-0.15, -0.1) is 0 Å². The van der Waals surface area contributed by atoms with Crippen LogP contribution in [0.4, 0.5) is 0 Å². The van der Waals surface area contributed by atoms with Crippen molar-refractivity contribution in [3.8, 4) is 0 Å². The number of carbonyl (C=O) groups excluding carboxylic acids is 1. The van der Waals surface area contributed by atoms with Gasteiger partial charge in [-0.1, -0.05) is 37.6 Å². The summed E-state index contributed by atoms with van der Waals surface area (Å²) in [5.74, 6) is 0.284. The molecule has 0 bridgehead atoms. The molecule has 0 heterocycles. The number of benzene rings is 1. The van der Waals surface area contributed by atoms with E-state index in [2.05, 4.69) is 5.32 Å². The van der Waals surface area contributed by atoms with E-state index >= 15 is 0 Å².